The predicted octanol–water partition coefficient (Wildman–Crippen LogP) is 3.83. The molecule has 1 saturated carbocycles. The van der Waals surface area contributed by atoms with Crippen molar-refractivity contribution in [1.29, 1.82) is 0 Å². The first-order chi connectivity index (χ1) is 16.2. The van der Waals surface area contributed by atoms with E-state index in [1.54, 1.807) is 12.3 Å². The Hall–Kier alpha value is -2.72. The van der Waals surface area contributed by atoms with Crippen LogP contribution in [0.4, 0.5) is 4.39 Å². The number of aromatic nitrogens is 1. The van der Waals surface area contributed by atoms with Gasteiger partial charge in [0.2, 0.25) is 0 Å². The monoisotopic (exact) mass is 464 g/mol. The van der Waals surface area contributed by atoms with Gasteiger partial charge in [-0.05, 0) is 42.7 Å². The number of nitrogens with one attached hydrogen (secondary N) is 1. The minimum Gasteiger partial charge on any atom is -0.379 e. The van der Waals surface area contributed by atoms with Crippen LogP contribution in [0.25, 0.3) is 0 Å². The molecule has 1 N–H and O–H groups in total. The highest BCUT2D eigenvalue weighted by atomic mass is 35.5. The molecule has 5 nitrogen and oxygen atoms in total. The Morgan fingerprint density at radius 2 is 2.03 bits per heavy atom. The average Bonchev–Trinajstić information content (AvgIpc) is 3.66. The molecular weight excluding hydrogens is 439 g/mol. The van der Waals surface area contributed by atoms with E-state index in [0.29, 0.717) is 17.4 Å². The van der Waals surface area contributed by atoms with Crippen molar-refractivity contribution < 1.29 is 9.13 Å². The number of morpholine rings is 1. The summed E-state index contributed by atoms with van der Waals surface area (Å²) in [6, 6.07) is 10.1. The molecule has 1 atom stereocenters. The fourth-order valence-electron chi connectivity index (χ4n) is 4.01. The van der Waals surface area contributed by atoms with Crippen LogP contribution in [0.15, 0.2) is 58.9 Å². The van der Waals surface area contributed by atoms with Gasteiger partial charge in [0.15, 0.2) is 5.84 Å². The molecule has 7 heteroatoms. The molecule has 3 heterocycles. The molecule has 2 fully saturated rings. The van der Waals surface area contributed by atoms with Crippen LogP contribution in [0.3, 0.4) is 0 Å². The maximum Gasteiger partial charge on any atom is 0.152 e. The lowest BCUT2D eigenvalue weighted by Gasteiger charge is -2.32. The first-order valence-corrected chi connectivity index (χ1v) is 11.8. The van der Waals surface area contributed by atoms with Gasteiger partial charge in [0.1, 0.15) is 11.5 Å². The van der Waals surface area contributed by atoms with E-state index in [1.165, 1.54) is 12.1 Å². The summed E-state index contributed by atoms with van der Waals surface area (Å²) in [4.78, 5) is 11.9. The highest BCUT2D eigenvalue weighted by Crippen LogP contribution is 2.29. The summed E-state index contributed by atoms with van der Waals surface area (Å²) in [5.74, 6) is 7.73. The summed E-state index contributed by atoms with van der Waals surface area (Å²) in [5, 5.41) is 3.95. The summed E-state index contributed by atoms with van der Waals surface area (Å²) in [5.41, 5.74) is 3.66. The zero-order valence-corrected chi connectivity index (χ0v) is 19.1. The third-order valence-corrected chi connectivity index (χ3v) is 6.37. The zero-order chi connectivity index (χ0) is 22.6. The Bertz CT molecular complexity index is 1130. The number of amidine groups is 1. The lowest BCUT2D eigenvalue weighted by Crippen LogP contribution is -2.43. The van der Waals surface area contributed by atoms with Gasteiger partial charge in [-0.3, -0.25) is 14.9 Å². The van der Waals surface area contributed by atoms with Gasteiger partial charge in [0, 0.05) is 54.5 Å². The summed E-state index contributed by atoms with van der Waals surface area (Å²) >= 11 is 6.39. The molecule has 2 aromatic rings. The van der Waals surface area contributed by atoms with Crippen molar-refractivity contribution in [3.63, 3.8) is 0 Å². The van der Waals surface area contributed by atoms with E-state index < -0.39 is 0 Å². The molecule has 0 amide bonds. The number of benzene rings is 1. The van der Waals surface area contributed by atoms with Gasteiger partial charge in [-0.2, -0.15) is 0 Å². The summed E-state index contributed by atoms with van der Waals surface area (Å²) < 4.78 is 19.2. The van der Waals surface area contributed by atoms with Crippen molar-refractivity contribution >= 4 is 17.4 Å². The smallest absolute Gasteiger partial charge is 0.152 e. The quantitative estimate of drug-likeness (QED) is 0.683. The van der Waals surface area contributed by atoms with Crippen molar-refractivity contribution in [2.75, 3.05) is 32.8 Å². The first kappa shape index (κ1) is 22.1. The fourth-order valence-corrected chi connectivity index (χ4v) is 4.26. The molecule has 0 bridgehead atoms. The maximum atomic E-state index is 13.6. The average molecular weight is 465 g/mol. The molecule has 1 aliphatic carbocycles. The Morgan fingerprint density at radius 1 is 1.18 bits per heavy atom. The minimum absolute atomic E-state index is 0.228. The molecule has 3 aliphatic rings. The number of hydrogen-bond donors (Lipinski definition) is 1. The number of ether oxygens (including phenoxy) is 1. The Labute approximate surface area is 198 Å². The van der Waals surface area contributed by atoms with Gasteiger partial charge in [0.05, 0.1) is 19.3 Å². The topological polar surface area (TPSA) is 49.8 Å². The second kappa shape index (κ2) is 10.0. The van der Waals surface area contributed by atoms with Crippen LogP contribution in [0, 0.1) is 23.6 Å². The van der Waals surface area contributed by atoms with E-state index >= 15 is 0 Å². The van der Waals surface area contributed by atoms with Crippen LogP contribution in [-0.2, 0) is 11.2 Å². The largest absolute Gasteiger partial charge is 0.379 e. The molecule has 5 rings (SSSR count). The van der Waals surface area contributed by atoms with Gasteiger partial charge in [-0.25, -0.2) is 4.39 Å². The lowest BCUT2D eigenvalue weighted by molar-refractivity contribution is 0.0417. The molecule has 0 spiro atoms. The van der Waals surface area contributed by atoms with E-state index in [2.05, 4.69) is 27.0 Å². The van der Waals surface area contributed by atoms with E-state index in [1.807, 2.05) is 18.2 Å². The van der Waals surface area contributed by atoms with E-state index in [-0.39, 0.29) is 11.9 Å². The third kappa shape index (κ3) is 5.62. The minimum atomic E-state index is -0.343. The van der Waals surface area contributed by atoms with Crippen molar-refractivity contribution in [3.8, 4) is 11.8 Å². The van der Waals surface area contributed by atoms with E-state index in [4.69, 9.17) is 21.3 Å². The van der Waals surface area contributed by atoms with Crippen LogP contribution in [-0.4, -0.2) is 54.6 Å². The number of nitrogens with zero attached hydrogens (tertiary/aromatic N) is 3. The van der Waals surface area contributed by atoms with Crippen LogP contribution in [0.2, 0.25) is 5.02 Å². The van der Waals surface area contributed by atoms with Crippen LogP contribution < -0.4 is 5.32 Å². The van der Waals surface area contributed by atoms with Gasteiger partial charge >= 0.3 is 0 Å². The van der Waals surface area contributed by atoms with Gasteiger partial charge in [-0.15, -0.1) is 0 Å². The Kier molecular flexibility index (Phi) is 6.73. The Morgan fingerprint density at radius 3 is 2.76 bits per heavy atom. The molecular formula is C26H26ClFN4O. The lowest BCUT2D eigenvalue weighted by atomic mass is 9.95. The summed E-state index contributed by atoms with van der Waals surface area (Å²) in [6.45, 7) is 3.94. The highest BCUT2D eigenvalue weighted by Gasteiger charge is 2.28. The number of rotatable bonds is 5. The zero-order valence-electron chi connectivity index (χ0n) is 18.4. The molecule has 170 valence electrons. The van der Waals surface area contributed by atoms with E-state index in [9.17, 15) is 4.39 Å². The predicted molar refractivity (Wildman–Crippen MR) is 128 cm³/mol. The van der Waals surface area contributed by atoms with Crippen molar-refractivity contribution in [2.24, 2.45) is 10.9 Å². The van der Waals surface area contributed by atoms with E-state index in [0.717, 1.165) is 74.1 Å². The highest BCUT2D eigenvalue weighted by molar-refractivity contribution is 6.31. The second-order valence-electron chi connectivity index (χ2n) is 8.60. The molecule has 1 saturated heterocycles. The van der Waals surface area contributed by atoms with Gasteiger partial charge < -0.3 is 10.1 Å². The van der Waals surface area contributed by atoms with Crippen LogP contribution in [0.5, 0.6) is 0 Å². The van der Waals surface area contributed by atoms with Gasteiger partial charge in [0.25, 0.3) is 0 Å². The van der Waals surface area contributed by atoms with Crippen molar-refractivity contribution in [1.82, 2.24) is 15.2 Å². The molecule has 0 radical (unpaired) electrons. The summed E-state index contributed by atoms with van der Waals surface area (Å²) in [6.07, 6.45) is 4.62. The standard InChI is InChI=1S/C26H26ClFN4O/c27-22-16-20(28)8-7-19(22)15-24-21(9-6-18-4-5-18)25(17-32-11-13-33-14-12-32)31-26(30-24)23-3-1-2-10-29-23/h1-3,7-8,10,16,18,24H,4-5,11-15,17H2,(H,30,31). The number of hydrogen-bond acceptors (Lipinski definition) is 5. The number of aliphatic imine (C=N–C) groups is 1. The maximum absolute atomic E-state index is 13.6. The van der Waals surface area contributed by atoms with Gasteiger partial charge in [-0.1, -0.05) is 35.6 Å². The third-order valence-electron chi connectivity index (χ3n) is 6.02. The second-order valence-corrected chi connectivity index (χ2v) is 9.00. The number of halogens is 2. The molecule has 1 unspecified atom stereocenters. The first-order valence-electron chi connectivity index (χ1n) is 11.4. The molecule has 33 heavy (non-hydrogen) atoms. The molecule has 2 aliphatic heterocycles. The van der Waals surface area contributed by atoms with Crippen molar-refractivity contribution in [3.05, 3.63) is 76.0 Å². The molecule has 1 aromatic carbocycles. The van der Waals surface area contributed by atoms with Crippen LogP contribution in [0.1, 0.15) is 24.1 Å². The SMILES string of the molecule is Fc1ccc(CC2N=C(c3ccccn3)NC(CN3CCOCC3)=C2C#CC2CC2)c(Cl)c1. The summed E-state index contributed by atoms with van der Waals surface area (Å²) in [7, 11) is 0. The fraction of sp³-hybridized carbons (Fsp3) is 0.385. The number of pyridine rings is 1. The molecule has 1 aromatic heterocycles. The van der Waals surface area contributed by atoms with Crippen molar-refractivity contribution in [2.45, 2.75) is 25.3 Å². The Balaban J connectivity index is 1.53. The normalized spacial score (nSPS) is 21.2. The van der Waals surface area contributed by atoms with Crippen LogP contribution >= 0.6 is 11.6 Å².